The predicted octanol–water partition coefficient (Wildman–Crippen LogP) is 3.49. The average molecular weight is 319 g/mol. The molecule has 0 fully saturated rings. The molecular formula is C14H11ClN4OS. The van der Waals surface area contributed by atoms with E-state index in [-0.39, 0.29) is 5.91 Å². The number of carbonyl (C=O) groups is 1. The third kappa shape index (κ3) is 2.81. The van der Waals surface area contributed by atoms with Gasteiger partial charge in [-0.05, 0) is 31.2 Å². The van der Waals surface area contributed by atoms with Gasteiger partial charge in [-0.2, -0.15) is 0 Å². The van der Waals surface area contributed by atoms with Gasteiger partial charge in [0, 0.05) is 5.02 Å². The van der Waals surface area contributed by atoms with Crippen LogP contribution in [0.3, 0.4) is 0 Å². The number of nitrogens with two attached hydrogens (primary N) is 1. The van der Waals surface area contributed by atoms with Gasteiger partial charge in [-0.25, -0.2) is 4.98 Å². The van der Waals surface area contributed by atoms with Gasteiger partial charge >= 0.3 is 0 Å². The van der Waals surface area contributed by atoms with Gasteiger partial charge in [0.2, 0.25) is 0 Å². The second-order valence-electron chi connectivity index (χ2n) is 4.49. The van der Waals surface area contributed by atoms with Crippen molar-refractivity contribution in [1.29, 1.82) is 0 Å². The van der Waals surface area contributed by atoms with E-state index in [1.807, 2.05) is 12.1 Å². The topological polar surface area (TPSA) is 80.9 Å². The van der Waals surface area contributed by atoms with Crippen molar-refractivity contribution in [2.45, 2.75) is 6.92 Å². The van der Waals surface area contributed by atoms with E-state index >= 15 is 0 Å². The maximum Gasteiger partial charge on any atom is 0.259 e. The zero-order chi connectivity index (χ0) is 15.0. The summed E-state index contributed by atoms with van der Waals surface area (Å²) in [5.41, 5.74) is 7.96. The van der Waals surface area contributed by atoms with Gasteiger partial charge in [-0.1, -0.05) is 22.9 Å². The zero-order valence-electron chi connectivity index (χ0n) is 11.1. The standard InChI is InChI=1S/C14H11ClN4OS/c1-7-10(5-9(16)6-17-7)13(20)19-14-18-11-3-2-8(15)4-12(11)21-14/h2-6H,16H2,1H3,(H,18,19,20). The number of hydrogen-bond acceptors (Lipinski definition) is 5. The molecule has 0 radical (unpaired) electrons. The third-order valence-corrected chi connectivity index (χ3v) is 4.09. The summed E-state index contributed by atoms with van der Waals surface area (Å²) in [4.78, 5) is 20.7. The van der Waals surface area contributed by atoms with Crippen molar-refractivity contribution in [1.82, 2.24) is 9.97 Å². The van der Waals surface area contributed by atoms with Crippen LogP contribution in [0, 0.1) is 6.92 Å². The van der Waals surface area contributed by atoms with Crippen LogP contribution in [0.1, 0.15) is 16.1 Å². The zero-order valence-corrected chi connectivity index (χ0v) is 12.6. The van der Waals surface area contributed by atoms with Crippen LogP contribution in [0.4, 0.5) is 10.8 Å². The Morgan fingerprint density at radius 3 is 3.00 bits per heavy atom. The molecule has 2 aromatic heterocycles. The van der Waals surface area contributed by atoms with Crippen LogP contribution in [0.2, 0.25) is 5.02 Å². The summed E-state index contributed by atoms with van der Waals surface area (Å²) in [7, 11) is 0. The minimum absolute atomic E-state index is 0.280. The van der Waals surface area contributed by atoms with Crippen LogP contribution < -0.4 is 11.1 Å². The van der Waals surface area contributed by atoms with Gasteiger partial charge in [-0.3, -0.25) is 15.1 Å². The molecule has 0 aliphatic rings. The Morgan fingerprint density at radius 2 is 2.19 bits per heavy atom. The first-order chi connectivity index (χ1) is 10.0. The first-order valence-corrected chi connectivity index (χ1v) is 7.32. The molecule has 0 aliphatic heterocycles. The number of fused-ring (bicyclic) bond motifs is 1. The summed E-state index contributed by atoms with van der Waals surface area (Å²) in [6.45, 7) is 1.76. The molecule has 0 spiro atoms. The Kier molecular flexibility index (Phi) is 3.48. The number of hydrogen-bond donors (Lipinski definition) is 2. The molecule has 3 N–H and O–H groups in total. The minimum atomic E-state index is -0.280. The number of nitrogens with one attached hydrogen (secondary N) is 1. The Labute approximate surface area is 129 Å². The average Bonchev–Trinajstić information content (AvgIpc) is 2.82. The minimum Gasteiger partial charge on any atom is -0.397 e. The first kappa shape index (κ1) is 13.8. The van der Waals surface area contributed by atoms with Crippen molar-refractivity contribution in [3.8, 4) is 0 Å². The maximum atomic E-state index is 12.3. The first-order valence-electron chi connectivity index (χ1n) is 6.12. The highest BCUT2D eigenvalue weighted by molar-refractivity contribution is 7.22. The van der Waals surface area contributed by atoms with Crippen LogP contribution in [0.25, 0.3) is 10.2 Å². The van der Waals surface area contributed by atoms with Crippen molar-refractivity contribution in [3.63, 3.8) is 0 Å². The molecule has 3 rings (SSSR count). The SMILES string of the molecule is Cc1ncc(N)cc1C(=O)Nc1nc2ccc(Cl)cc2s1. The fourth-order valence-electron chi connectivity index (χ4n) is 1.90. The number of thiazole rings is 1. The lowest BCUT2D eigenvalue weighted by molar-refractivity contribution is 0.102. The largest absolute Gasteiger partial charge is 0.397 e. The number of aromatic nitrogens is 2. The second kappa shape index (κ2) is 5.31. The molecular weight excluding hydrogens is 308 g/mol. The molecule has 5 nitrogen and oxygen atoms in total. The molecule has 7 heteroatoms. The Morgan fingerprint density at radius 1 is 1.38 bits per heavy atom. The van der Waals surface area contributed by atoms with Gasteiger partial charge in [0.05, 0.1) is 33.4 Å². The summed E-state index contributed by atoms with van der Waals surface area (Å²) >= 11 is 7.30. The van der Waals surface area contributed by atoms with E-state index < -0.39 is 0 Å². The summed E-state index contributed by atoms with van der Waals surface area (Å²) in [5.74, 6) is -0.280. The van der Waals surface area contributed by atoms with E-state index in [0.717, 1.165) is 10.2 Å². The van der Waals surface area contributed by atoms with Gasteiger partial charge in [-0.15, -0.1) is 0 Å². The van der Waals surface area contributed by atoms with Crippen LogP contribution in [0.15, 0.2) is 30.5 Å². The number of amides is 1. The quantitative estimate of drug-likeness (QED) is 0.758. The molecule has 1 amide bonds. The molecule has 21 heavy (non-hydrogen) atoms. The summed E-state index contributed by atoms with van der Waals surface area (Å²) in [6, 6.07) is 7.00. The molecule has 0 bridgehead atoms. The Bertz CT molecular complexity index is 846. The van der Waals surface area contributed by atoms with Crippen LogP contribution in [-0.2, 0) is 0 Å². The maximum absolute atomic E-state index is 12.3. The van der Waals surface area contributed by atoms with Crippen LogP contribution in [-0.4, -0.2) is 15.9 Å². The van der Waals surface area contributed by atoms with Gasteiger partial charge in [0.1, 0.15) is 0 Å². The number of anilines is 2. The highest BCUT2D eigenvalue weighted by Gasteiger charge is 2.13. The number of carbonyl (C=O) groups excluding carboxylic acids is 1. The summed E-state index contributed by atoms with van der Waals surface area (Å²) in [6.07, 6.45) is 1.52. The van der Waals surface area contributed by atoms with Crippen molar-refractivity contribution in [3.05, 3.63) is 46.7 Å². The number of nitrogens with zero attached hydrogens (tertiary/aromatic N) is 2. The lowest BCUT2D eigenvalue weighted by atomic mass is 10.2. The normalized spacial score (nSPS) is 10.8. The fourth-order valence-corrected chi connectivity index (χ4v) is 3.03. The molecule has 0 atom stereocenters. The lowest BCUT2D eigenvalue weighted by Crippen LogP contribution is -2.14. The number of nitrogen functional groups attached to an aromatic ring is 1. The predicted molar refractivity (Wildman–Crippen MR) is 86.0 cm³/mol. The molecule has 0 unspecified atom stereocenters. The number of pyridine rings is 1. The molecule has 3 aromatic rings. The van der Waals surface area contributed by atoms with Crippen molar-refractivity contribution < 1.29 is 4.79 Å². The molecule has 0 saturated heterocycles. The second-order valence-corrected chi connectivity index (χ2v) is 5.95. The molecule has 0 aliphatic carbocycles. The van der Waals surface area contributed by atoms with E-state index in [1.165, 1.54) is 17.5 Å². The van der Waals surface area contributed by atoms with Gasteiger partial charge < -0.3 is 5.73 Å². The number of aryl methyl sites for hydroxylation is 1. The molecule has 0 saturated carbocycles. The van der Waals surface area contributed by atoms with E-state index in [9.17, 15) is 4.79 Å². The smallest absolute Gasteiger partial charge is 0.259 e. The third-order valence-electron chi connectivity index (χ3n) is 2.92. The van der Waals surface area contributed by atoms with Gasteiger partial charge in [0.15, 0.2) is 5.13 Å². The highest BCUT2D eigenvalue weighted by atomic mass is 35.5. The van der Waals surface area contributed by atoms with Crippen LogP contribution in [0.5, 0.6) is 0 Å². The molecule has 106 valence electrons. The summed E-state index contributed by atoms with van der Waals surface area (Å²) < 4.78 is 0.917. The van der Waals surface area contributed by atoms with Crippen molar-refractivity contribution in [2.75, 3.05) is 11.1 Å². The highest BCUT2D eigenvalue weighted by Crippen LogP contribution is 2.28. The van der Waals surface area contributed by atoms with E-state index in [2.05, 4.69) is 15.3 Å². The number of benzene rings is 1. The van der Waals surface area contributed by atoms with E-state index in [0.29, 0.717) is 27.1 Å². The van der Waals surface area contributed by atoms with Gasteiger partial charge in [0.25, 0.3) is 5.91 Å². The lowest BCUT2D eigenvalue weighted by Gasteiger charge is -2.05. The number of halogens is 1. The van der Waals surface area contributed by atoms with E-state index in [4.69, 9.17) is 17.3 Å². The Hall–Kier alpha value is -2.18. The monoisotopic (exact) mass is 318 g/mol. The number of rotatable bonds is 2. The summed E-state index contributed by atoms with van der Waals surface area (Å²) in [5, 5.41) is 3.92. The van der Waals surface area contributed by atoms with Crippen LogP contribution >= 0.6 is 22.9 Å². The molecule has 1 aromatic carbocycles. The van der Waals surface area contributed by atoms with E-state index in [1.54, 1.807) is 19.1 Å². The Balaban J connectivity index is 1.90. The fraction of sp³-hybridized carbons (Fsp3) is 0.0714. The van der Waals surface area contributed by atoms with Crippen molar-refractivity contribution in [2.24, 2.45) is 0 Å². The molecule has 2 heterocycles. The van der Waals surface area contributed by atoms with Crippen molar-refractivity contribution >= 4 is 49.9 Å².